The Bertz CT molecular complexity index is 626. The standard InChI is InChI=1S/C20H26N2/c1-16-13-18(15-22-11-9-21(3)10-12-22)14-20(17(16)2)19-7-5-4-6-8-19/h4-8,13-14H,9-12,15H2,1-3H3. The molecular weight excluding hydrogens is 268 g/mol. The summed E-state index contributed by atoms with van der Waals surface area (Å²) in [5, 5.41) is 0. The van der Waals surface area contributed by atoms with Gasteiger partial charge in [0.15, 0.2) is 0 Å². The largest absolute Gasteiger partial charge is 0.304 e. The van der Waals surface area contributed by atoms with E-state index in [1.54, 1.807) is 0 Å². The van der Waals surface area contributed by atoms with E-state index < -0.39 is 0 Å². The lowest BCUT2D eigenvalue weighted by atomic mass is 9.94. The van der Waals surface area contributed by atoms with Crippen LogP contribution in [0.25, 0.3) is 11.1 Å². The van der Waals surface area contributed by atoms with Crippen LogP contribution in [-0.2, 0) is 6.54 Å². The fourth-order valence-electron chi connectivity index (χ4n) is 3.21. The van der Waals surface area contributed by atoms with Crippen LogP contribution in [0, 0.1) is 13.8 Å². The van der Waals surface area contributed by atoms with E-state index in [1.165, 1.54) is 54.0 Å². The second-order valence-corrected chi connectivity index (χ2v) is 6.53. The van der Waals surface area contributed by atoms with Gasteiger partial charge < -0.3 is 4.90 Å². The average molecular weight is 294 g/mol. The monoisotopic (exact) mass is 294 g/mol. The molecule has 0 N–H and O–H groups in total. The van der Waals surface area contributed by atoms with E-state index in [2.05, 4.69) is 73.2 Å². The van der Waals surface area contributed by atoms with Gasteiger partial charge in [0.1, 0.15) is 0 Å². The Morgan fingerprint density at radius 1 is 0.909 bits per heavy atom. The number of aryl methyl sites for hydroxylation is 1. The van der Waals surface area contributed by atoms with Crippen LogP contribution in [0.2, 0.25) is 0 Å². The van der Waals surface area contributed by atoms with Crippen LogP contribution >= 0.6 is 0 Å². The highest BCUT2D eigenvalue weighted by Gasteiger charge is 2.15. The zero-order valence-corrected chi connectivity index (χ0v) is 14.0. The molecule has 1 fully saturated rings. The molecule has 22 heavy (non-hydrogen) atoms. The fraction of sp³-hybridized carbons (Fsp3) is 0.400. The molecule has 0 bridgehead atoms. The average Bonchev–Trinajstić information content (AvgIpc) is 2.54. The molecule has 0 aliphatic carbocycles. The van der Waals surface area contributed by atoms with Crippen LogP contribution in [0.3, 0.4) is 0 Å². The highest BCUT2D eigenvalue weighted by Crippen LogP contribution is 2.27. The number of piperazine rings is 1. The summed E-state index contributed by atoms with van der Waals surface area (Å²) < 4.78 is 0. The zero-order chi connectivity index (χ0) is 15.5. The number of hydrogen-bond donors (Lipinski definition) is 0. The van der Waals surface area contributed by atoms with Gasteiger partial charge in [-0.2, -0.15) is 0 Å². The van der Waals surface area contributed by atoms with Gasteiger partial charge in [-0.05, 0) is 54.8 Å². The smallest absolute Gasteiger partial charge is 0.0235 e. The molecule has 0 saturated carbocycles. The highest BCUT2D eigenvalue weighted by molar-refractivity contribution is 5.69. The van der Waals surface area contributed by atoms with Crippen LogP contribution < -0.4 is 0 Å². The van der Waals surface area contributed by atoms with Gasteiger partial charge in [-0.15, -0.1) is 0 Å². The minimum atomic E-state index is 1.06. The van der Waals surface area contributed by atoms with Gasteiger partial charge in [0.2, 0.25) is 0 Å². The van der Waals surface area contributed by atoms with Gasteiger partial charge in [-0.3, -0.25) is 4.90 Å². The van der Waals surface area contributed by atoms with Crippen LogP contribution in [0.4, 0.5) is 0 Å². The Kier molecular flexibility index (Phi) is 4.60. The second-order valence-electron chi connectivity index (χ2n) is 6.53. The lowest BCUT2D eigenvalue weighted by Gasteiger charge is -2.32. The van der Waals surface area contributed by atoms with Crippen molar-refractivity contribution in [3.63, 3.8) is 0 Å². The summed E-state index contributed by atoms with van der Waals surface area (Å²) in [4.78, 5) is 4.98. The van der Waals surface area contributed by atoms with Gasteiger partial charge in [-0.25, -0.2) is 0 Å². The second kappa shape index (κ2) is 6.64. The van der Waals surface area contributed by atoms with E-state index in [9.17, 15) is 0 Å². The number of likely N-dealkylation sites (N-methyl/N-ethyl adjacent to an activating group) is 1. The fourth-order valence-corrected chi connectivity index (χ4v) is 3.21. The minimum Gasteiger partial charge on any atom is -0.304 e. The van der Waals surface area contributed by atoms with Crippen molar-refractivity contribution in [1.82, 2.24) is 9.80 Å². The van der Waals surface area contributed by atoms with Crippen molar-refractivity contribution >= 4 is 0 Å². The van der Waals surface area contributed by atoms with E-state index in [0.717, 1.165) is 6.54 Å². The van der Waals surface area contributed by atoms with Crippen LogP contribution in [0.1, 0.15) is 16.7 Å². The van der Waals surface area contributed by atoms with Crippen LogP contribution in [0.5, 0.6) is 0 Å². The summed E-state index contributed by atoms with van der Waals surface area (Å²) in [6.45, 7) is 10.2. The highest BCUT2D eigenvalue weighted by atomic mass is 15.2. The van der Waals surface area contributed by atoms with Crippen molar-refractivity contribution in [2.75, 3.05) is 33.2 Å². The number of benzene rings is 2. The quantitative estimate of drug-likeness (QED) is 0.851. The van der Waals surface area contributed by atoms with Crippen LogP contribution in [0.15, 0.2) is 42.5 Å². The summed E-state index contributed by atoms with van der Waals surface area (Å²) in [5.41, 5.74) is 6.93. The van der Waals surface area contributed by atoms with Crippen molar-refractivity contribution in [2.45, 2.75) is 20.4 Å². The molecule has 0 spiro atoms. The van der Waals surface area contributed by atoms with E-state index in [1.807, 2.05) is 0 Å². The molecule has 116 valence electrons. The van der Waals surface area contributed by atoms with Gasteiger partial charge in [-0.1, -0.05) is 36.4 Å². The first-order valence-corrected chi connectivity index (χ1v) is 8.20. The van der Waals surface area contributed by atoms with Crippen LogP contribution in [-0.4, -0.2) is 43.0 Å². The molecule has 1 heterocycles. The molecule has 0 radical (unpaired) electrons. The van der Waals surface area contributed by atoms with Crippen molar-refractivity contribution in [2.24, 2.45) is 0 Å². The Balaban J connectivity index is 1.85. The first-order chi connectivity index (χ1) is 10.6. The molecule has 1 saturated heterocycles. The molecule has 2 aromatic carbocycles. The van der Waals surface area contributed by atoms with Crippen molar-refractivity contribution in [3.8, 4) is 11.1 Å². The van der Waals surface area contributed by atoms with Gasteiger partial charge >= 0.3 is 0 Å². The predicted octanol–water partition coefficient (Wildman–Crippen LogP) is 3.72. The SMILES string of the molecule is Cc1cc(CN2CCN(C)CC2)cc(-c2ccccc2)c1C. The normalized spacial score (nSPS) is 16.9. The molecule has 1 aliphatic rings. The molecule has 0 aromatic heterocycles. The summed E-state index contributed by atoms with van der Waals surface area (Å²) in [7, 11) is 2.21. The van der Waals surface area contributed by atoms with Gasteiger partial charge in [0.05, 0.1) is 0 Å². The molecule has 0 amide bonds. The topological polar surface area (TPSA) is 6.48 Å². The third-order valence-corrected chi connectivity index (χ3v) is 4.81. The third-order valence-electron chi connectivity index (χ3n) is 4.81. The van der Waals surface area contributed by atoms with Gasteiger partial charge in [0, 0.05) is 32.7 Å². The Hall–Kier alpha value is -1.64. The maximum atomic E-state index is 2.57. The Morgan fingerprint density at radius 3 is 2.27 bits per heavy atom. The maximum absolute atomic E-state index is 2.57. The van der Waals surface area contributed by atoms with E-state index in [0.29, 0.717) is 0 Å². The van der Waals surface area contributed by atoms with E-state index in [-0.39, 0.29) is 0 Å². The number of nitrogens with zero attached hydrogens (tertiary/aromatic N) is 2. The van der Waals surface area contributed by atoms with Gasteiger partial charge in [0.25, 0.3) is 0 Å². The van der Waals surface area contributed by atoms with E-state index >= 15 is 0 Å². The first kappa shape index (κ1) is 15.3. The minimum absolute atomic E-state index is 1.06. The molecule has 3 rings (SSSR count). The molecule has 2 heteroatoms. The molecule has 2 nitrogen and oxygen atoms in total. The van der Waals surface area contributed by atoms with E-state index in [4.69, 9.17) is 0 Å². The summed E-state index contributed by atoms with van der Waals surface area (Å²) in [5.74, 6) is 0. The Morgan fingerprint density at radius 2 is 1.59 bits per heavy atom. The summed E-state index contributed by atoms with van der Waals surface area (Å²) in [6, 6.07) is 15.5. The Labute approximate surface area is 134 Å². The molecule has 0 unspecified atom stereocenters. The molecule has 2 aromatic rings. The first-order valence-electron chi connectivity index (χ1n) is 8.20. The lowest BCUT2D eigenvalue weighted by Crippen LogP contribution is -2.43. The zero-order valence-electron chi connectivity index (χ0n) is 14.0. The molecular formula is C20H26N2. The molecule has 1 aliphatic heterocycles. The molecule has 0 atom stereocenters. The predicted molar refractivity (Wildman–Crippen MR) is 94.1 cm³/mol. The van der Waals surface area contributed by atoms with Crippen molar-refractivity contribution < 1.29 is 0 Å². The summed E-state index contributed by atoms with van der Waals surface area (Å²) in [6.07, 6.45) is 0. The van der Waals surface area contributed by atoms with Crippen molar-refractivity contribution in [1.29, 1.82) is 0 Å². The number of rotatable bonds is 3. The third kappa shape index (κ3) is 3.40. The maximum Gasteiger partial charge on any atom is 0.0235 e. The number of hydrogen-bond acceptors (Lipinski definition) is 2. The lowest BCUT2D eigenvalue weighted by molar-refractivity contribution is 0.148. The summed E-state index contributed by atoms with van der Waals surface area (Å²) >= 11 is 0. The van der Waals surface area contributed by atoms with Crippen molar-refractivity contribution in [3.05, 3.63) is 59.2 Å².